The molecular weight excluding hydrogens is 208 g/mol. The number of nitrogens with zero attached hydrogens (tertiary/aromatic N) is 1. The van der Waals surface area contributed by atoms with Gasteiger partial charge < -0.3 is 20.1 Å². The van der Waals surface area contributed by atoms with Gasteiger partial charge in [0, 0.05) is 32.6 Å². The number of hydrogen-bond donors (Lipinski definition) is 2. The van der Waals surface area contributed by atoms with Crippen LogP contribution in [0.25, 0.3) is 0 Å². The first-order valence-corrected chi connectivity index (χ1v) is 5.90. The quantitative estimate of drug-likeness (QED) is 0.609. The molecule has 0 radical (unpaired) electrons. The van der Waals surface area contributed by atoms with E-state index in [9.17, 15) is 4.79 Å². The molecule has 1 aliphatic rings. The van der Waals surface area contributed by atoms with E-state index in [4.69, 9.17) is 9.84 Å². The number of piperidine rings is 1. The number of hydrogen-bond acceptors (Lipinski definition) is 4. The van der Waals surface area contributed by atoms with Crippen LogP contribution in [0.4, 0.5) is 0 Å². The maximum Gasteiger partial charge on any atom is 0.217 e. The van der Waals surface area contributed by atoms with Crippen LogP contribution in [-0.2, 0) is 9.53 Å². The van der Waals surface area contributed by atoms with E-state index in [2.05, 4.69) is 10.2 Å². The van der Waals surface area contributed by atoms with Crippen molar-refractivity contribution >= 4 is 5.91 Å². The minimum Gasteiger partial charge on any atom is -0.394 e. The Balaban J connectivity index is 2.05. The van der Waals surface area contributed by atoms with Gasteiger partial charge in [-0.1, -0.05) is 0 Å². The normalized spacial score (nSPS) is 18.6. The van der Waals surface area contributed by atoms with E-state index in [1.54, 1.807) is 6.92 Å². The lowest BCUT2D eigenvalue weighted by Gasteiger charge is -2.31. The van der Waals surface area contributed by atoms with Crippen LogP contribution in [-0.4, -0.2) is 61.4 Å². The van der Waals surface area contributed by atoms with Gasteiger partial charge in [0.2, 0.25) is 5.91 Å². The van der Waals surface area contributed by atoms with E-state index in [0.29, 0.717) is 19.3 Å². The molecule has 1 amide bonds. The Kier molecular flexibility index (Phi) is 6.37. The highest BCUT2D eigenvalue weighted by Crippen LogP contribution is 2.09. The molecule has 1 saturated heterocycles. The molecule has 0 unspecified atom stereocenters. The lowest BCUT2D eigenvalue weighted by atomic mass is 10.1. The second kappa shape index (κ2) is 7.60. The van der Waals surface area contributed by atoms with Crippen molar-refractivity contribution in [2.45, 2.75) is 25.8 Å². The monoisotopic (exact) mass is 230 g/mol. The van der Waals surface area contributed by atoms with Crippen LogP contribution < -0.4 is 5.32 Å². The van der Waals surface area contributed by atoms with E-state index in [0.717, 1.165) is 32.5 Å². The van der Waals surface area contributed by atoms with Gasteiger partial charge >= 0.3 is 0 Å². The Morgan fingerprint density at radius 3 is 2.69 bits per heavy atom. The van der Waals surface area contributed by atoms with Crippen LogP contribution in [0.1, 0.15) is 19.8 Å². The van der Waals surface area contributed by atoms with E-state index in [1.165, 1.54) is 0 Å². The Bertz CT molecular complexity index is 203. The molecule has 0 aliphatic carbocycles. The van der Waals surface area contributed by atoms with Crippen molar-refractivity contribution < 1.29 is 14.6 Å². The van der Waals surface area contributed by atoms with Gasteiger partial charge in [-0.2, -0.15) is 0 Å². The Labute approximate surface area is 96.8 Å². The SMILES string of the molecule is CC(=O)NC1CCN(CCOCCO)CC1. The molecule has 0 atom stereocenters. The second-order valence-corrected chi connectivity index (χ2v) is 4.15. The zero-order valence-electron chi connectivity index (χ0n) is 9.95. The summed E-state index contributed by atoms with van der Waals surface area (Å²) in [6.45, 7) is 5.67. The van der Waals surface area contributed by atoms with Crippen LogP contribution in [0, 0.1) is 0 Å². The van der Waals surface area contributed by atoms with Crippen molar-refractivity contribution in [3.8, 4) is 0 Å². The molecule has 2 N–H and O–H groups in total. The van der Waals surface area contributed by atoms with Crippen molar-refractivity contribution in [2.24, 2.45) is 0 Å². The molecule has 0 saturated carbocycles. The number of ether oxygens (including phenoxy) is 1. The summed E-state index contributed by atoms with van der Waals surface area (Å²) in [6, 6.07) is 0.340. The van der Waals surface area contributed by atoms with Crippen molar-refractivity contribution in [1.82, 2.24) is 10.2 Å². The Morgan fingerprint density at radius 1 is 1.44 bits per heavy atom. The highest BCUT2D eigenvalue weighted by atomic mass is 16.5. The summed E-state index contributed by atoms with van der Waals surface area (Å²) in [5.74, 6) is 0.0599. The van der Waals surface area contributed by atoms with Crippen LogP contribution in [0.15, 0.2) is 0 Å². The predicted octanol–water partition coefficient (Wildman–Crippen LogP) is -0.404. The molecule has 0 spiro atoms. The standard InChI is InChI=1S/C11H22N2O3/c1-10(15)12-11-2-4-13(5-3-11)6-8-16-9-7-14/h11,14H,2-9H2,1H3,(H,12,15). The van der Waals surface area contributed by atoms with Crippen molar-refractivity contribution in [3.63, 3.8) is 0 Å². The third kappa shape index (κ3) is 5.44. The Morgan fingerprint density at radius 2 is 2.12 bits per heavy atom. The summed E-state index contributed by atoms with van der Waals surface area (Å²) in [5.41, 5.74) is 0. The fourth-order valence-corrected chi connectivity index (χ4v) is 1.95. The number of aliphatic hydroxyl groups excluding tert-OH is 1. The highest BCUT2D eigenvalue weighted by Gasteiger charge is 2.18. The van der Waals surface area contributed by atoms with Gasteiger partial charge in [0.1, 0.15) is 0 Å². The van der Waals surface area contributed by atoms with E-state index >= 15 is 0 Å². The molecule has 1 aliphatic heterocycles. The highest BCUT2D eigenvalue weighted by molar-refractivity contribution is 5.73. The van der Waals surface area contributed by atoms with Crippen LogP contribution in [0.2, 0.25) is 0 Å². The molecule has 5 heteroatoms. The Hall–Kier alpha value is -0.650. The summed E-state index contributed by atoms with van der Waals surface area (Å²) in [4.78, 5) is 13.2. The van der Waals surface area contributed by atoms with Gasteiger partial charge in [-0.3, -0.25) is 4.79 Å². The number of amides is 1. The first kappa shape index (κ1) is 13.4. The van der Waals surface area contributed by atoms with Crippen molar-refractivity contribution in [2.75, 3.05) is 39.5 Å². The summed E-state index contributed by atoms with van der Waals surface area (Å²) in [6.07, 6.45) is 2.03. The third-order valence-corrected chi connectivity index (χ3v) is 2.78. The number of likely N-dealkylation sites (tertiary alicyclic amines) is 1. The largest absolute Gasteiger partial charge is 0.394 e. The molecule has 0 aromatic rings. The number of carbonyl (C=O) groups excluding carboxylic acids is 1. The molecular formula is C11H22N2O3. The lowest BCUT2D eigenvalue weighted by Crippen LogP contribution is -2.44. The summed E-state index contributed by atoms with van der Waals surface area (Å²) in [7, 11) is 0. The minimum absolute atomic E-state index is 0.0599. The number of carbonyl (C=O) groups is 1. The molecule has 94 valence electrons. The topological polar surface area (TPSA) is 61.8 Å². The molecule has 5 nitrogen and oxygen atoms in total. The number of aliphatic hydroxyl groups is 1. The van der Waals surface area contributed by atoms with Crippen LogP contribution >= 0.6 is 0 Å². The first-order valence-electron chi connectivity index (χ1n) is 5.90. The summed E-state index contributed by atoms with van der Waals surface area (Å²) >= 11 is 0. The first-order chi connectivity index (χ1) is 7.72. The van der Waals surface area contributed by atoms with Gasteiger partial charge in [-0.05, 0) is 12.8 Å². The van der Waals surface area contributed by atoms with E-state index < -0.39 is 0 Å². The van der Waals surface area contributed by atoms with Gasteiger partial charge in [0.05, 0.1) is 19.8 Å². The molecule has 1 fully saturated rings. The molecule has 0 aromatic heterocycles. The fraction of sp³-hybridized carbons (Fsp3) is 0.909. The molecule has 1 rings (SSSR count). The maximum absolute atomic E-state index is 10.9. The minimum atomic E-state index is 0.0599. The second-order valence-electron chi connectivity index (χ2n) is 4.15. The van der Waals surface area contributed by atoms with Gasteiger partial charge in [0.15, 0.2) is 0 Å². The summed E-state index contributed by atoms with van der Waals surface area (Å²) in [5, 5.41) is 11.5. The van der Waals surface area contributed by atoms with E-state index in [1.807, 2.05) is 0 Å². The number of rotatable bonds is 6. The molecule has 0 bridgehead atoms. The third-order valence-electron chi connectivity index (χ3n) is 2.78. The predicted molar refractivity (Wildman–Crippen MR) is 61.2 cm³/mol. The number of nitrogens with one attached hydrogen (secondary N) is 1. The van der Waals surface area contributed by atoms with Gasteiger partial charge in [-0.15, -0.1) is 0 Å². The molecule has 1 heterocycles. The average Bonchev–Trinajstić information content (AvgIpc) is 2.26. The fourth-order valence-electron chi connectivity index (χ4n) is 1.95. The van der Waals surface area contributed by atoms with Crippen LogP contribution in [0.3, 0.4) is 0 Å². The average molecular weight is 230 g/mol. The molecule has 0 aromatic carbocycles. The maximum atomic E-state index is 10.9. The van der Waals surface area contributed by atoms with E-state index in [-0.39, 0.29) is 12.5 Å². The van der Waals surface area contributed by atoms with Crippen molar-refractivity contribution in [1.29, 1.82) is 0 Å². The lowest BCUT2D eigenvalue weighted by molar-refractivity contribution is -0.120. The van der Waals surface area contributed by atoms with Crippen molar-refractivity contribution in [3.05, 3.63) is 0 Å². The summed E-state index contributed by atoms with van der Waals surface area (Å²) < 4.78 is 5.22. The van der Waals surface area contributed by atoms with Gasteiger partial charge in [0.25, 0.3) is 0 Å². The van der Waals surface area contributed by atoms with Crippen LogP contribution in [0.5, 0.6) is 0 Å². The zero-order chi connectivity index (χ0) is 11.8. The molecule has 16 heavy (non-hydrogen) atoms. The zero-order valence-corrected chi connectivity index (χ0v) is 9.95. The van der Waals surface area contributed by atoms with Gasteiger partial charge in [-0.25, -0.2) is 0 Å². The smallest absolute Gasteiger partial charge is 0.217 e.